The lowest BCUT2D eigenvalue weighted by molar-refractivity contribution is 0.286. The van der Waals surface area contributed by atoms with Gasteiger partial charge in [0.25, 0.3) is 0 Å². The first kappa shape index (κ1) is 22.1. The maximum Gasteiger partial charge on any atom is 0.247 e. The summed E-state index contributed by atoms with van der Waals surface area (Å²) in [7, 11) is 0.846. The van der Waals surface area contributed by atoms with Crippen LogP contribution in [-0.4, -0.2) is 57.3 Å². The van der Waals surface area contributed by atoms with E-state index >= 15 is 0 Å². The summed E-state index contributed by atoms with van der Waals surface area (Å²) in [6, 6.07) is 11.9. The molecule has 0 N–H and O–H groups in total. The van der Waals surface area contributed by atoms with E-state index in [2.05, 4.69) is 10.2 Å². The lowest BCUT2D eigenvalue weighted by atomic mass is 10.00. The highest BCUT2D eigenvalue weighted by Gasteiger charge is 2.33. The Labute approximate surface area is 187 Å². The molecule has 0 bridgehead atoms. The van der Waals surface area contributed by atoms with Crippen molar-refractivity contribution in [1.82, 2.24) is 14.5 Å². The molecule has 1 fully saturated rings. The number of nitrogens with zero attached hydrogens (tertiary/aromatic N) is 3. The van der Waals surface area contributed by atoms with Gasteiger partial charge in [-0.05, 0) is 43.2 Å². The summed E-state index contributed by atoms with van der Waals surface area (Å²) >= 11 is 0. The van der Waals surface area contributed by atoms with Gasteiger partial charge in [0.1, 0.15) is 5.75 Å². The number of hydrogen-bond donors (Lipinski definition) is 0. The van der Waals surface area contributed by atoms with Crippen LogP contribution in [0.5, 0.6) is 17.2 Å². The summed E-state index contributed by atoms with van der Waals surface area (Å²) in [4.78, 5) is 0.151. The first-order chi connectivity index (χ1) is 15.5. The summed E-state index contributed by atoms with van der Waals surface area (Å²) in [5.41, 5.74) is 0.744. The molecule has 170 valence electrons. The molecule has 2 aromatic carbocycles. The number of aromatic nitrogens is 2. The Morgan fingerprint density at radius 3 is 2.56 bits per heavy atom. The highest BCUT2D eigenvalue weighted by molar-refractivity contribution is 7.89. The zero-order valence-electron chi connectivity index (χ0n) is 18.1. The van der Waals surface area contributed by atoms with Crippen molar-refractivity contribution in [1.29, 1.82) is 0 Å². The summed E-state index contributed by atoms with van der Waals surface area (Å²) in [5, 5.41) is 8.35. The molecule has 4 rings (SSSR count). The van der Waals surface area contributed by atoms with Crippen LogP contribution in [-0.2, 0) is 10.0 Å². The van der Waals surface area contributed by atoms with Crippen molar-refractivity contribution in [3.63, 3.8) is 0 Å². The largest absolute Gasteiger partial charge is 0.497 e. The Kier molecular flexibility index (Phi) is 6.33. The molecular weight excluding hydrogens is 434 g/mol. The van der Waals surface area contributed by atoms with Gasteiger partial charge in [0.15, 0.2) is 11.5 Å². The molecule has 0 saturated carbocycles. The van der Waals surface area contributed by atoms with Crippen molar-refractivity contribution >= 4 is 10.0 Å². The molecule has 0 aliphatic carbocycles. The average molecular weight is 460 g/mol. The van der Waals surface area contributed by atoms with Crippen molar-refractivity contribution in [2.75, 3.05) is 34.4 Å². The van der Waals surface area contributed by atoms with Gasteiger partial charge in [-0.2, -0.15) is 4.31 Å². The van der Waals surface area contributed by atoms with Crippen molar-refractivity contribution in [3.05, 3.63) is 48.4 Å². The third-order valence-electron chi connectivity index (χ3n) is 5.48. The molecule has 32 heavy (non-hydrogen) atoms. The predicted molar refractivity (Wildman–Crippen MR) is 117 cm³/mol. The van der Waals surface area contributed by atoms with Crippen LogP contribution in [0.3, 0.4) is 0 Å². The summed E-state index contributed by atoms with van der Waals surface area (Å²) in [6.45, 7) is 0.681. The lowest BCUT2D eigenvalue weighted by Gasteiger charge is -2.30. The van der Waals surface area contributed by atoms with Crippen LogP contribution in [0.2, 0.25) is 0 Å². The zero-order chi connectivity index (χ0) is 22.7. The zero-order valence-corrected chi connectivity index (χ0v) is 19.0. The minimum Gasteiger partial charge on any atom is -0.497 e. The lowest BCUT2D eigenvalue weighted by Crippen LogP contribution is -2.39. The van der Waals surface area contributed by atoms with Crippen molar-refractivity contribution in [3.8, 4) is 28.7 Å². The van der Waals surface area contributed by atoms with E-state index in [4.69, 9.17) is 18.6 Å². The van der Waals surface area contributed by atoms with Gasteiger partial charge in [-0.3, -0.25) is 0 Å². The Bertz CT molecular complexity index is 1190. The summed E-state index contributed by atoms with van der Waals surface area (Å²) in [5.74, 6) is 2.13. The molecule has 2 heterocycles. The first-order valence-corrected chi connectivity index (χ1v) is 11.6. The van der Waals surface area contributed by atoms with Crippen molar-refractivity contribution in [2.45, 2.75) is 23.7 Å². The molecule has 1 aliphatic rings. The van der Waals surface area contributed by atoms with E-state index in [9.17, 15) is 8.42 Å². The quantitative estimate of drug-likeness (QED) is 0.530. The Morgan fingerprint density at radius 2 is 1.81 bits per heavy atom. The third kappa shape index (κ3) is 4.28. The Hall–Kier alpha value is -3.11. The molecule has 1 saturated heterocycles. The number of hydrogen-bond acceptors (Lipinski definition) is 8. The number of rotatable bonds is 7. The smallest absolute Gasteiger partial charge is 0.247 e. The van der Waals surface area contributed by atoms with Gasteiger partial charge in [0.2, 0.25) is 21.8 Å². The highest BCUT2D eigenvalue weighted by atomic mass is 32.2. The standard InChI is InChI=1S/C22H25N3O6S/c1-28-17-8-4-6-15(12-17)21-23-24-22(31-21)16-7-5-11-25(14-16)32(26,27)18-9-10-19(29-2)20(13-18)30-3/h4,6,8-10,12-13,16H,5,7,11,14H2,1-3H3/t16-/m1/s1. The second kappa shape index (κ2) is 9.17. The monoisotopic (exact) mass is 459 g/mol. The molecule has 0 spiro atoms. The Morgan fingerprint density at radius 1 is 1.00 bits per heavy atom. The van der Waals surface area contributed by atoms with E-state index in [1.807, 2.05) is 24.3 Å². The SMILES string of the molecule is COc1cccc(-c2nnc([C@@H]3CCCN(S(=O)(=O)c4ccc(OC)c(OC)c4)C3)o2)c1. The molecule has 10 heteroatoms. The van der Waals surface area contributed by atoms with E-state index in [-0.39, 0.29) is 17.4 Å². The van der Waals surface area contributed by atoms with E-state index in [1.54, 1.807) is 13.2 Å². The van der Waals surface area contributed by atoms with Gasteiger partial charge < -0.3 is 18.6 Å². The number of benzene rings is 2. The normalized spacial score (nSPS) is 17.2. The van der Waals surface area contributed by atoms with E-state index in [1.165, 1.54) is 30.7 Å². The van der Waals surface area contributed by atoms with Gasteiger partial charge >= 0.3 is 0 Å². The minimum absolute atomic E-state index is 0.151. The topological polar surface area (TPSA) is 104 Å². The van der Waals surface area contributed by atoms with Crippen molar-refractivity contribution in [2.24, 2.45) is 0 Å². The fourth-order valence-electron chi connectivity index (χ4n) is 3.76. The number of sulfonamides is 1. The van der Waals surface area contributed by atoms with E-state index in [0.717, 1.165) is 12.0 Å². The molecule has 0 unspecified atom stereocenters. The second-order valence-electron chi connectivity index (χ2n) is 7.40. The highest BCUT2D eigenvalue weighted by Crippen LogP contribution is 2.34. The maximum absolute atomic E-state index is 13.3. The first-order valence-electron chi connectivity index (χ1n) is 10.2. The van der Waals surface area contributed by atoms with Gasteiger partial charge in [-0.25, -0.2) is 8.42 Å². The van der Waals surface area contributed by atoms with Crippen LogP contribution < -0.4 is 14.2 Å². The molecule has 1 aromatic heterocycles. The van der Waals surface area contributed by atoms with E-state index < -0.39 is 10.0 Å². The molecular formula is C22H25N3O6S. The molecule has 3 aromatic rings. The molecule has 9 nitrogen and oxygen atoms in total. The molecule has 1 atom stereocenters. The second-order valence-corrected chi connectivity index (χ2v) is 9.33. The van der Waals surface area contributed by atoms with Crippen LogP contribution in [0.4, 0.5) is 0 Å². The minimum atomic E-state index is -3.72. The van der Waals surface area contributed by atoms with Gasteiger partial charge in [0.05, 0.1) is 32.1 Å². The summed E-state index contributed by atoms with van der Waals surface area (Å²) in [6.07, 6.45) is 1.45. The number of methoxy groups -OCH3 is 3. The number of piperidine rings is 1. The van der Waals surface area contributed by atoms with E-state index in [0.29, 0.717) is 42.0 Å². The predicted octanol–water partition coefficient (Wildman–Crippen LogP) is 3.33. The van der Waals surface area contributed by atoms with Gasteiger partial charge in [-0.15, -0.1) is 10.2 Å². The van der Waals surface area contributed by atoms with Crippen LogP contribution in [0.25, 0.3) is 11.5 Å². The Balaban J connectivity index is 1.55. The van der Waals surface area contributed by atoms with Gasteiger partial charge in [-0.1, -0.05) is 6.07 Å². The van der Waals surface area contributed by atoms with Gasteiger partial charge in [0, 0.05) is 24.7 Å². The third-order valence-corrected chi connectivity index (χ3v) is 7.34. The summed E-state index contributed by atoms with van der Waals surface area (Å²) < 4.78 is 49.6. The van der Waals surface area contributed by atoms with Crippen LogP contribution in [0, 0.1) is 0 Å². The molecule has 0 radical (unpaired) electrons. The average Bonchev–Trinajstić information content (AvgIpc) is 3.34. The van der Waals surface area contributed by atoms with Crippen molar-refractivity contribution < 1.29 is 27.0 Å². The van der Waals surface area contributed by atoms with Crippen LogP contribution >= 0.6 is 0 Å². The number of ether oxygens (including phenoxy) is 3. The fraction of sp³-hybridized carbons (Fsp3) is 0.364. The molecule has 0 amide bonds. The van der Waals surface area contributed by atoms with Crippen LogP contribution in [0.1, 0.15) is 24.7 Å². The fourth-order valence-corrected chi connectivity index (χ4v) is 5.30. The maximum atomic E-state index is 13.3. The van der Waals surface area contributed by atoms with Crippen LogP contribution in [0.15, 0.2) is 51.8 Å². The molecule has 1 aliphatic heterocycles.